The number of imide groups is 2. The minimum absolute atomic E-state index is 0.343. The van der Waals surface area contributed by atoms with E-state index in [-0.39, 0.29) is 0 Å². The van der Waals surface area contributed by atoms with Crippen molar-refractivity contribution in [3.8, 4) is 0 Å². The van der Waals surface area contributed by atoms with Gasteiger partial charge in [0.1, 0.15) is 0 Å². The van der Waals surface area contributed by atoms with Crippen molar-refractivity contribution in [1.29, 1.82) is 0 Å². The summed E-state index contributed by atoms with van der Waals surface area (Å²) in [6, 6.07) is 5.27. The molecule has 1 aromatic carbocycles. The summed E-state index contributed by atoms with van der Waals surface area (Å²) in [5, 5.41) is 6.45. The quantitative estimate of drug-likeness (QED) is 0.676. The highest BCUT2D eigenvalue weighted by Gasteiger charge is 2.39. The van der Waals surface area contributed by atoms with Gasteiger partial charge in [0, 0.05) is 10.7 Å². The van der Waals surface area contributed by atoms with Gasteiger partial charge in [0.05, 0.1) is 0 Å². The Morgan fingerprint density at radius 2 is 1.79 bits per heavy atom. The summed E-state index contributed by atoms with van der Waals surface area (Å²) in [6.07, 6.45) is 0. The van der Waals surface area contributed by atoms with E-state index < -0.39 is 29.7 Å². The third-order valence-corrected chi connectivity index (χ3v) is 2.59. The van der Waals surface area contributed by atoms with E-state index in [0.717, 1.165) is 0 Å². The standard InChI is InChI=1S/C11H8ClN3O4/c12-5-2-1-3-6(4-5)13-8(16)7-9(17)14-11(19)15-10(7)18/h1-4,7H,(H,13,16)(H2,14,15,17,18,19). The zero-order valence-electron chi connectivity index (χ0n) is 9.40. The minimum atomic E-state index is -1.61. The molecule has 0 saturated carbocycles. The Morgan fingerprint density at radius 1 is 1.16 bits per heavy atom. The molecule has 8 heteroatoms. The Kier molecular flexibility index (Phi) is 3.48. The van der Waals surface area contributed by atoms with Crippen LogP contribution in [0.5, 0.6) is 0 Å². The zero-order valence-corrected chi connectivity index (χ0v) is 10.2. The average molecular weight is 282 g/mol. The van der Waals surface area contributed by atoms with E-state index >= 15 is 0 Å². The van der Waals surface area contributed by atoms with E-state index in [1.807, 2.05) is 10.6 Å². The van der Waals surface area contributed by atoms with Crippen molar-refractivity contribution < 1.29 is 19.2 Å². The average Bonchev–Trinajstić information content (AvgIpc) is 2.27. The fourth-order valence-corrected chi connectivity index (χ4v) is 1.73. The molecule has 0 aliphatic carbocycles. The van der Waals surface area contributed by atoms with Crippen LogP contribution in [-0.2, 0) is 14.4 Å². The number of anilines is 1. The second-order valence-electron chi connectivity index (χ2n) is 3.74. The van der Waals surface area contributed by atoms with Gasteiger partial charge in [0.25, 0.3) is 0 Å². The minimum Gasteiger partial charge on any atom is -0.325 e. The molecule has 0 spiro atoms. The van der Waals surface area contributed by atoms with Gasteiger partial charge < -0.3 is 5.32 Å². The van der Waals surface area contributed by atoms with Crippen molar-refractivity contribution in [2.75, 3.05) is 5.32 Å². The van der Waals surface area contributed by atoms with Gasteiger partial charge in [-0.2, -0.15) is 0 Å². The summed E-state index contributed by atoms with van der Waals surface area (Å²) in [5.41, 5.74) is 0.343. The van der Waals surface area contributed by atoms with Gasteiger partial charge in [0.15, 0.2) is 5.92 Å². The number of benzene rings is 1. The van der Waals surface area contributed by atoms with Crippen LogP contribution in [0, 0.1) is 5.92 Å². The van der Waals surface area contributed by atoms with Gasteiger partial charge >= 0.3 is 6.03 Å². The highest BCUT2D eigenvalue weighted by atomic mass is 35.5. The first kappa shape index (κ1) is 13.0. The lowest BCUT2D eigenvalue weighted by Gasteiger charge is -2.19. The summed E-state index contributed by atoms with van der Waals surface area (Å²) < 4.78 is 0. The maximum atomic E-state index is 11.8. The van der Waals surface area contributed by atoms with E-state index in [1.165, 1.54) is 6.07 Å². The summed E-state index contributed by atoms with van der Waals surface area (Å²) >= 11 is 5.74. The molecule has 0 bridgehead atoms. The molecule has 5 amide bonds. The van der Waals surface area contributed by atoms with Crippen LogP contribution in [0.15, 0.2) is 24.3 Å². The molecule has 1 aliphatic rings. The molecular formula is C11H8ClN3O4. The van der Waals surface area contributed by atoms with Crippen LogP contribution >= 0.6 is 11.6 Å². The van der Waals surface area contributed by atoms with Crippen molar-refractivity contribution in [3.05, 3.63) is 29.3 Å². The van der Waals surface area contributed by atoms with Crippen molar-refractivity contribution in [2.45, 2.75) is 0 Å². The van der Waals surface area contributed by atoms with Crippen LogP contribution in [0.25, 0.3) is 0 Å². The van der Waals surface area contributed by atoms with Crippen LogP contribution in [-0.4, -0.2) is 23.8 Å². The summed E-state index contributed by atoms with van der Waals surface area (Å²) in [4.78, 5) is 45.5. The summed E-state index contributed by atoms with van der Waals surface area (Å²) in [7, 11) is 0. The molecule has 0 aromatic heterocycles. The van der Waals surface area contributed by atoms with Crippen LogP contribution in [0.3, 0.4) is 0 Å². The molecule has 7 nitrogen and oxygen atoms in total. The molecule has 2 rings (SSSR count). The highest BCUT2D eigenvalue weighted by molar-refractivity contribution is 6.31. The number of amides is 5. The Hall–Kier alpha value is -2.41. The molecule has 0 radical (unpaired) electrons. The molecule has 0 unspecified atom stereocenters. The predicted molar refractivity (Wildman–Crippen MR) is 65.3 cm³/mol. The SMILES string of the molecule is O=C1NC(=O)C(C(=O)Nc2cccc(Cl)c2)C(=O)N1. The molecule has 1 aromatic rings. The number of halogens is 1. The van der Waals surface area contributed by atoms with Gasteiger partial charge in [-0.25, -0.2) is 4.79 Å². The molecule has 1 aliphatic heterocycles. The highest BCUT2D eigenvalue weighted by Crippen LogP contribution is 2.16. The van der Waals surface area contributed by atoms with Crippen molar-refractivity contribution in [1.82, 2.24) is 10.6 Å². The van der Waals surface area contributed by atoms with E-state index in [2.05, 4.69) is 5.32 Å². The zero-order chi connectivity index (χ0) is 14.0. The first-order valence-electron chi connectivity index (χ1n) is 5.19. The molecule has 1 fully saturated rings. The number of rotatable bonds is 2. The Balaban J connectivity index is 2.13. The number of carbonyl (C=O) groups excluding carboxylic acids is 4. The topological polar surface area (TPSA) is 104 Å². The summed E-state index contributed by atoms with van der Waals surface area (Å²) in [5.74, 6) is -4.39. The van der Waals surface area contributed by atoms with Crippen LogP contribution < -0.4 is 16.0 Å². The third kappa shape index (κ3) is 2.89. The number of barbiturate groups is 1. The first-order chi connectivity index (χ1) is 8.97. The Bertz CT molecular complexity index is 567. The predicted octanol–water partition coefficient (Wildman–Crippen LogP) is 0.261. The van der Waals surface area contributed by atoms with E-state index in [0.29, 0.717) is 10.7 Å². The fourth-order valence-electron chi connectivity index (χ4n) is 1.54. The maximum Gasteiger partial charge on any atom is 0.328 e. The lowest BCUT2D eigenvalue weighted by atomic mass is 10.1. The number of hydrogen-bond acceptors (Lipinski definition) is 4. The van der Waals surface area contributed by atoms with Crippen molar-refractivity contribution in [3.63, 3.8) is 0 Å². The lowest BCUT2D eigenvalue weighted by molar-refractivity contribution is -0.141. The number of carbonyl (C=O) groups is 4. The monoisotopic (exact) mass is 281 g/mol. The largest absolute Gasteiger partial charge is 0.328 e. The van der Waals surface area contributed by atoms with Gasteiger partial charge in [-0.3, -0.25) is 25.0 Å². The normalized spacial score (nSPS) is 15.7. The van der Waals surface area contributed by atoms with Crippen LogP contribution in [0.1, 0.15) is 0 Å². The fraction of sp³-hybridized carbons (Fsp3) is 0.0909. The van der Waals surface area contributed by atoms with Crippen LogP contribution in [0.4, 0.5) is 10.5 Å². The van der Waals surface area contributed by atoms with E-state index in [1.54, 1.807) is 18.2 Å². The second-order valence-corrected chi connectivity index (χ2v) is 4.18. The van der Waals surface area contributed by atoms with Gasteiger partial charge in [0.2, 0.25) is 17.7 Å². The molecule has 1 saturated heterocycles. The lowest BCUT2D eigenvalue weighted by Crippen LogP contribution is -2.58. The number of urea groups is 1. The second kappa shape index (κ2) is 5.07. The maximum absolute atomic E-state index is 11.8. The number of hydrogen-bond donors (Lipinski definition) is 3. The molecule has 3 N–H and O–H groups in total. The van der Waals surface area contributed by atoms with Crippen molar-refractivity contribution >= 4 is 41.0 Å². The van der Waals surface area contributed by atoms with E-state index in [9.17, 15) is 19.2 Å². The summed E-state index contributed by atoms with van der Waals surface area (Å²) in [6.45, 7) is 0. The molecule has 19 heavy (non-hydrogen) atoms. The third-order valence-electron chi connectivity index (χ3n) is 2.35. The van der Waals surface area contributed by atoms with Gasteiger partial charge in [-0.05, 0) is 18.2 Å². The van der Waals surface area contributed by atoms with E-state index in [4.69, 9.17) is 11.6 Å². The van der Waals surface area contributed by atoms with Gasteiger partial charge in [-0.1, -0.05) is 17.7 Å². The Labute approximate surface area is 112 Å². The first-order valence-corrected chi connectivity index (χ1v) is 5.57. The van der Waals surface area contributed by atoms with Crippen LogP contribution in [0.2, 0.25) is 5.02 Å². The van der Waals surface area contributed by atoms with Crippen molar-refractivity contribution in [2.24, 2.45) is 5.92 Å². The molecule has 98 valence electrons. The molecule has 0 atom stereocenters. The molecule has 1 heterocycles. The molecular weight excluding hydrogens is 274 g/mol. The number of nitrogens with one attached hydrogen (secondary N) is 3. The van der Waals surface area contributed by atoms with Gasteiger partial charge in [-0.15, -0.1) is 0 Å². The smallest absolute Gasteiger partial charge is 0.325 e. The Morgan fingerprint density at radius 3 is 2.37 bits per heavy atom.